The highest BCUT2D eigenvalue weighted by Gasteiger charge is 2.45. The fourth-order valence-corrected chi connectivity index (χ4v) is 3.95. The first-order valence-electron chi connectivity index (χ1n) is 10.2. The molecular weight excluding hydrogens is 382 g/mol. The summed E-state index contributed by atoms with van der Waals surface area (Å²) in [5.41, 5.74) is 3.53. The molecule has 1 aliphatic carbocycles. The summed E-state index contributed by atoms with van der Waals surface area (Å²) in [6.07, 6.45) is 1.62. The monoisotopic (exact) mass is 417 g/mol. The minimum Gasteiger partial charge on any atom is -0.481 e. The number of carboxylic acids is 2. The fourth-order valence-electron chi connectivity index (χ4n) is 3.95. The number of carbonyl (C=O) groups is 3. The number of hydrogen-bond donors (Lipinski definition) is 5. The van der Waals surface area contributed by atoms with Gasteiger partial charge in [-0.05, 0) is 24.7 Å². The van der Waals surface area contributed by atoms with Gasteiger partial charge >= 0.3 is 17.9 Å². The zero-order chi connectivity index (χ0) is 22.2. The first-order valence-corrected chi connectivity index (χ1v) is 10.2. The van der Waals surface area contributed by atoms with Gasteiger partial charge in [-0.2, -0.15) is 0 Å². The summed E-state index contributed by atoms with van der Waals surface area (Å²) in [6, 6.07) is -0.713. The third-order valence-corrected chi connectivity index (χ3v) is 5.35. The van der Waals surface area contributed by atoms with Crippen LogP contribution in [0.15, 0.2) is 0 Å². The summed E-state index contributed by atoms with van der Waals surface area (Å²) in [7, 11) is 0. The molecule has 168 valence electrons. The molecule has 9 nitrogen and oxygen atoms in total. The van der Waals surface area contributed by atoms with Crippen molar-refractivity contribution in [1.82, 2.24) is 0 Å². The normalized spacial score (nSPS) is 18.8. The van der Waals surface area contributed by atoms with E-state index in [1.165, 1.54) is 0 Å². The number of aliphatic hydroxyl groups is 2. The van der Waals surface area contributed by atoms with Crippen LogP contribution in [0.2, 0.25) is 0 Å². The van der Waals surface area contributed by atoms with Gasteiger partial charge in [-0.15, -0.1) is 0 Å². The van der Waals surface area contributed by atoms with Gasteiger partial charge in [0.2, 0.25) is 0 Å². The average Bonchev–Trinajstić information content (AvgIpc) is 2.57. The summed E-state index contributed by atoms with van der Waals surface area (Å²) in [4.78, 5) is 34.6. The van der Waals surface area contributed by atoms with Gasteiger partial charge in [-0.25, -0.2) is 4.79 Å². The van der Waals surface area contributed by atoms with E-state index in [0.717, 1.165) is 32.1 Å². The molecule has 29 heavy (non-hydrogen) atoms. The molecule has 0 aromatic heterocycles. The number of hydrogen-bond acceptors (Lipinski definition) is 7. The molecule has 6 N–H and O–H groups in total. The summed E-state index contributed by atoms with van der Waals surface area (Å²) in [5.74, 6) is -4.07. The summed E-state index contributed by atoms with van der Waals surface area (Å²) in [5, 5.41) is 38.9. The second-order valence-corrected chi connectivity index (χ2v) is 8.64. The maximum absolute atomic E-state index is 12.6. The lowest BCUT2D eigenvalue weighted by molar-refractivity contribution is -0.186. The van der Waals surface area contributed by atoms with Gasteiger partial charge in [-0.3, -0.25) is 9.59 Å². The Morgan fingerprint density at radius 1 is 1.07 bits per heavy atom. The topological polar surface area (TPSA) is 167 Å². The van der Waals surface area contributed by atoms with Crippen LogP contribution in [0.5, 0.6) is 0 Å². The van der Waals surface area contributed by atoms with Crippen molar-refractivity contribution in [1.29, 1.82) is 0 Å². The lowest BCUT2D eigenvalue weighted by Crippen LogP contribution is -2.52. The van der Waals surface area contributed by atoms with Gasteiger partial charge in [-0.1, -0.05) is 46.0 Å². The van der Waals surface area contributed by atoms with Crippen molar-refractivity contribution in [2.75, 3.05) is 0 Å². The third-order valence-electron chi connectivity index (χ3n) is 5.35. The van der Waals surface area contributed by atoms with Crippen molar-refractivity contribution in [3.63, 3.8) is 0 Å². The van der Waals surface area contributed by atoms with Crippen LogP contribution in [0.1, 0.15) is 71.6 Å². The molecule has 1 saturated carbocycles. The smallest absolute Gasteiger partial charge is 0.339 e. The van der Waals surface area contributed by atoms with Crippen LogP contribution in [0.3, 0.4) is 0 Å². The number of rotatable bonds is 12. The first kappa shape index (κ1) is 25.3. The lowest BCUT2D eigenvalue weighted by atomic mass is 9.82. The van der Waals surface area contributed by atoms with Crippen LogP contribution in [0.25, 0.3) is 0 Å². The largest absolute Gasteiger partial charge is 0.481 e. The maximum atomic E-state index is 12.6. The molecule has 0 spiro atoms. The molecule has 0 amide bonds. The Morgan fingerprint density at radius 3 is 2.03 bits per heavy atom. The minimum atomic E-state index is -2.74. The van der Waals surface area contributed by atoms with Crippen molar-refractivity contribution in [2.45, 2.75) is 95.5 Å². The van der Waals surface area contributed by atoms with Crippen molar-refractivity contribution < 1.29 is 39.5 Å². The first-order chi connectivity index (χ1) is 13.4. The van der Waals surface area contributed by atoms with Crippen LogP contribution in [0, 0.1) is 11.8 Å². The van der Waals surface area contributed by atoms with E-state index in [2.05, 4.69) is 0 Å². The summed E-state index contributed by atoms with van der Waals surface area (Å²) >= 11 is 0. The van der Waals surface area contributed by atoms with E-state index in [9.17, 15) is 24.6 Å². The Labute approximate surface area is 171 Å². The molecular formula is C20H35NO8. The van der Waals surface area contributed by atoms with E-state index in [1.54, 1.807) is 0 Å². The maximum Gasteiger partial charge on any atom is 0.339 e. The Hall–Kier alpha value is -1.71. The zero-order valence-corrected chi connectivity index (χ0v) is 17.2. The molecule has 0 heterocycles. The van der Waals surface area contributed by atoms with Crippen LogP contribution in [-0.2, 0) is 19.1 Å². The van der Waals surface area contributed by atoms with Crippen molar-refractivity contribution in [3.8, 4) is 0 Å². The van der Waals surface area contributed by atoms with Crippen molar-refractivity contribution in [2.24, 2.45) is 17.6 Å². The molecule has 0 aromatic rings. The SMILES string of the molecule is CC(C)CC(O)C(OC(=O)C(O)(CC(=O)O)CC(=O)O)C(N)CC1CCCCC1. The second kappa shape index (κ2) is 11.5. The number of aliphatic hydroxyl groups excluding tert-OH is 1. The van der Waals surface area contributed by atoms with E-state index in [0.29, 0.717) is 12.3 Å². The minimum absolute atomic E-state index is 0.0741. The molecule has 1 rings (SSSR count). The van der Waals surface area contributed by atoms with E-state index >= 15 is 0 Å². The fraction of sp³-hybridized carbons (Fsp3) is 0.850. The van der Waals surface area contributed by atoms with E-state index in [-0.39, 0.29) is 12.3 Å². The van der Waals surface area contributed by atoms with Crippen LogP contribution < -0.4 is 5.73 Å². The Kier molecular flexibility index (Phi) is 10.0. The Morgan fingerprint density at radius 2 is 1.59 bits per heavy atom. The third kappa shape index (κ3) is 8.67. The Bertz CT molecular complexity index is 543. The van der Waals surface area contributed by atoms with E-state index < -0.39 is 54.6 Å². The van der Waals surface area contributed by atoms with Gasteiger partial charge in [0.1, 0.15) is 6.10 Å². The lowest BCUT2D eigenvalue weighted by Gasteiger charge is -2.34. The summed E-state index contributed by atoms with van der Waals surface area (Å²) in [6.45, 7) is 3.75. The number of ether oxygens (including phenoxy) is 1. The predicted molar refractivity (Wildman–Crippen MR) is 104 cm³/mol. The van der Waals surface area contributed by atoms with Crippen LogP contribution in [-0.4, -0.2) is 62.2 Å². The summed E-state index contributed by atoms with van der Waals surface area (Å²) < 4.78 is 5.29. The number of nitrogens with two attached hydrogens (primary N) is 1. The zero-order valence-electron chi connectivity index (χ0n) is 17.2. The highest BCUT2D eigenvalue weighted by molar-refractivity contribution is 5.89. The van der Waals surface area contributed by atoms with Crippen molar-refractivity contribution in [3.05, 3.63) is 0 Å². The number of carboxylic acid groups (broad SMARTS) is 2. The van der Waals surface area contributed by atoms with Gasteiger partial charge < -0.3 is 30.9 Å². The molecule has 0 bridgehead atoms. The molecule has 0 aliphatic heterocycles. The highest BCUT2D eigenvalue weighted by atomic mass is 16.6. The van der Waals surface area contributed by atoms with Gasteiger partial charge in [0, 0.05) is 6.04 Å². The molecule has 0 saturated heterocycles. The van der Waals surface area contributed by atoms with Gasteiger partial charge in [0.25, 0.3) is 0 Å². The predicted octanol–water partition coefficient (Wildman–Crippen LogP) is 1.28. The van der Waals surface area contributed by atoms with Crippen molar-refractivity contribution >= 4 is 17.9 Å². The quantitative estimate of drug-likeness (QED) is 0.294. The van der Waals surface area contributed by atoms with Gasteiger partial charge in [0.15, 0.2) is 5.60 Å². The van der Waals surface area contributed by atoms with Crippen LogP contribution in [0.4, 0.5) is 0 Å². The second-order valence-electron chi connectivity index (χ2n) is 8.64. The molecule has 0 radical (unpaired) electrons. The standard InChI is InChI=1S/C20H35NO8/c1-12(2)8-15(22)18(14(21)9-13-6-4-3-5-7-13)29-19(27)20(28,10-16(23)24)11-17(25)26/h12-15,18,22,28H,3-11,21H2,1-2H3,(H,23,24)(H,25,26). The van der Waals surface area contributed by atoms with Gasteiger partial charge in [0.05, 0.1) is 18.9 Å². The van der Waals surface area contributed by atoms with E-state index in [4.69, 9.17) is 20.7 Å². The number of aliphatic carboxylic acids is 2. The molecule has 9 heteroatoms. The van der Waals surface area contributed by atoms with Crippen LogP contribution >= 0.6 is 0 Å². The molecule has 1 aliphatic rings. The molecule has 1 fully saturated rings. The molecule has 3 unspecified atom stereocenters. The Balaban J connectivity index is 2.98. The number of carbonyl (C=O) groups excluding carboxylic acids is 1. The average molecular weight is 417 g/mol. The highest BCUT2D eigenvalue weighted by Crippen LogP contribution is 2.29. The molecule has 0 aromatic carbocycles. The number of esters is 1. The molecule has 3 atom stereocenters. The van der Waals surface area contributed by atoms with E-state index in [1.807, 2.05) is 13.8 Å².